The van der Waals surface area contributed by atoms with Gasteiger partial charge in [0.15, 0.2) is 0 Å². The summed E-state index contributed by atoms with van der Waals surface area (Å²) in [5.41, 5.74) is 1.66. The molecule has 1 nitrogen and oxygen atoms in total. The quantitative estimate of drug-likeness (QED) is 0.462. The van der Waals surface area contributed by atoms with Crippen molar-refractivity contribution in [2.24, 2.45) is 0 Å². The van der Waals surface area contributed by atoms with Gasteiger partial charge in [-0.1, -0.05) is 51.7 Å². The summed E-state index contributed by atoms with van der Waals surface area (Å²) >= 11 is 4.79. The minimum Gasteiger partial charge on any atom is -0.379 e. The molecule has 0 fully saturated rings. The maximum Gasteiger partial charge on any atom is 0.0617 e. The highest BCUT2D eigenvalue weighted by Gasteiger charge is 2.03. The van der Waals surface area contributed by atoms with Gasteiger partial charge in [-0.2, -0.15) is 0 Å². The highest BCUT2D eigenvalue weighted by atomic mass is 32.1. The third-order valence-electron chi connectivity index (χ3n) is 2.10. The summed E-state index contributed by atoms with van der Waals surface area (Å²) < 4.78 is 0. The molecule has 0 radical (unpaired) electrons. The third kappa shape index (κ3) is 6.59. The first kappa shape index (κ1) is 11.9. The van der Waals surface area contributed by atoms with Crippen LogP contribution in [0.2, 0.25) is 0 Å². The largest absolute Gasteiger partial charge is 0.379 e. The Balaban J connectivity index is 3.40. The molecule has 0 saturated carbocycles. The fourth-order valence-electron chi connectivity index (χ4n) is 1.40. The molecule has 0 rings (SSSR count). The summed E-state index contributed by atoms with van der Waals surface area (Å²) in [6.07, 6.45) is 7.74. The van der Waals surface area contributed by atoms with Gasteiger partial charge in [0.2, 0.25) is 0 Å². The average molecular weight is 187 g/mol. The van der Waals surface area contributed by atoms with E-state index >= 15 is 0 Å². The number of nitrogens with one attached hydrogen (secondary N) is 1. The lowest BCUT2D eigenvalue weighted by Gasteiger charge is -2.15. The smallest absolute Gasteiger partial charge is 0.0617 e. The van der Waals surface area contributed by atoms with Crippen molar-refractivity contribution >= 4 is 17.7 Å². The van der Waals surface area contributed by atoms with E-state index in [0.717, 1.165) is 0 Å². The minimum absolute atomic E-state index is 0.624. The first-order valence-corrected chi connectivity index (χ1v) is 5.52. The lowest BCUT2D eigenvalue weighted by atomic mass is 10.0. The molecular weight excluding hydrogens is 166 g/mol. The fourth-order valence-corrected chi connectivity index (χ4v) is 1.59. The molecule has 1 atom stereocenters. The summed E-state index contributed by atoms with van der Waals surface area (Å²) in [6.45, 7) is 4.46. The van der Waals surface area contributed by atoms with E-state index in [1.807, 2.05) is 0 Å². The van der Waals surface area contributed by atoms with Gasteiger partial charge < -0.3 is 5.32 Å². The maximum atomic E-state index is 4.79. The van der Waals surface area contributed by atoms with Crippen LogP contribution in [-0.2, 0) is 0 Å². The molecule has 0 aromatic rings. The Kier molecular flexibility index (Phi) is 8.90. The molecule has 0 heterocycles. The molecule has 0 bridgehead atoms. The second-order valence-electron chi connectivity index (χ2n) is 3.27. The number of thiocarbonyl (C=S) groups is 1. The SMILES string of the molecule is CCCCCC(CCC)NC=S. The molecular formula is C10H21NS. The van der Waals surface area contributed by atoms with Gasteiger partial charge in [-0.25, -0.2) is 0 Å². The molecule has 2 heteroatoms. The Labute approximate surface area is 81.9 Å². The molecule has 12 heavy (non-hydrogen) atoms. The summed E-state index contributed by atoms with van der Waals surface area (Å²) in [7, 11) is 0. The van der Waals surface area contributed by atoms with Gasteiger partial charge in [-0.15, -0.1) is 0 Å². The molecule has 0 aliphatic heterocycles. The summed E-state index contributed by atoms with van der Waals surface area (Å²) in [6, 6.07) is 0.624. The van der Waals surface area contributed by atoms with Crippen LogP contribution in [0.1, 0.15) is 52.4 Å². The van der Waals surface area contributed by atoms with E-state index in [0.29, 0.717) is 6.04 Å². The van der Waals surface area contributed by atoms with Gasteiger partial charge in [0, 0.05) is 6.04 Å². The minimum atomic E-state index is 0.624. The third-order valence-corrected chi connectivity index (χ3v) is 2.23. The molecule has 0 saturated heterocycles. The van der Waals surface area contributed by atoms with E-state index in [4.69, 9.17) is 12.2 Å². The van der Waals surface area contributed by atoms with Crippen molar-refractivity contribution in [1.82, 2.24) is 5.32 Å². The van der Waals surface area contributed by atoms with E-state index in [2.05, 4.69) is 19.2 Å². The monoisotopic (exact) mass is 187 g/mol. The maximum absolute atomic E-state index is 4.79. The fraction of sp³-hybridized carbons (Fsp3) is 0.900. The van der Waals surface area contributed by atoms with Crippen LogP contribution in [0.3, 0.4) is 0 Å². The van der Waals surface area contributed by atoms with Crippen molar-refractivity contribution < 1.29 is 0 Å². The number of unbranched alkanes of at least 4 members (excludes halogenated alkanes) is 2. The van der Waals surface area contributed by atoms with Gasteiger partial charge >= 0.3 is 0 Å². The molecule has 0 spiro atoms. The predicted octanol–water partition coefficient (Wildman–Crippen LogP) is 3.28. The van der Waals surface area contributed by atoms with Crippen LogP contribution < -0.4 is 5.32 Å². The molecule has 0 aromatic heterocycles. The first-order chi connectivity index (χ1) is 5.85. The Morgan fingerprint density at radius 2 is 1.92 bits per heavy atom. The van der Waals surface area contributed by atoms with Crippen LogP contribution in [0.15, 0.2) is 0 Å². The summed E-state index contributed by atoms with van der Waals surface area (Å²) in [5.74, 6) is 0. The van der Waals surface area contributed by atoms with Gasteiger partial charge in [-0.05, 0) is 12.8 Å². The second-order valence-corrected chi connectivity index (χ2v) is 3.50. The Morgan fingerprint density at radius 3 is 2.42 bits per heavy atom. The van der Waals surface area contributed by atoms with E-state index in [1.165, 1.54) is 38.5 Å². The lowest BCUT2D eigenvalue weighted by Crippen LogP contribution is -2.26. The van der Waals surface area contributed by atoms with Gasteiger partial charge in [0.25, 0.3) is 0 Å². The zero-order valence-corrected chi connectivity index (χ0v) is 9.12. The topological polar surface area (TPSA) is 12.0 Å². The standard InChI is InChI=1S/C10H21NS/c1-3-5-6-8-10(7-4-2)11-9-12/h9-10H,3-8H2,1-2H3,(H,11,12). The Hall–Kier alpha value is -0.110. The van der Waals surface area contributed by atoms with Crippen LogP contribution in [-0.4, -0.2) is 11.5 Å². The van der Waals surface area contributed by atoms with E-state index in [9.17, 15) is 0 Å². The van der Waals surface area contributed by atoms with Crippen LogP contribution in [0.25, 0.3) is 0 Å². The molecule has 0 aliphatic carbocycles. The molecule has 1 unspecified atom stereocenters. The predicted molar refractivity (Wildman–Crippen MR) is 59.6 cm³/mol. The Bertz CT molecular complexity index is 104. The molecule has 0 aliphatic rings. The molecule has 0 aromatic carbocycles. The van der Waals surface area contributed by atoms with Gasteiger partial charge in [0.05, 0.1) is 5.49 Å². The van der Waals surface area contributed by atoms with Gasteiger partial charge in [0.1, 0.15) is 0 Å². The van der Waals surface area contributed by atoms with E-state index in [1.54, 1.807) is 5.49 Å². The number of hydrogen-bond donors (Lipinski definition) is 1. The number of hydrogen-bond acceptors (Lipinski definition) is 1. The molecule has 72 valence electrons. The lowest BCUT2D eigenvalue weighted by molar-refractivity contribution is 0.492. The average Bonchev–Trinajstić information content (AvgIpc) is 2.06. The van der Waals surface area contributed by atoms with E-state index in [-0.39, 0.29) is 0 Å². The second kappa shape index (κ2) is 8.98. The van der Waals surface area contributed by atoms with Crippen LogP contribution >= 0.6 is 12.2 Å². The molecule has 0 amide bonds. The summed E-state index contributed by atoms with van der Waals surface area (Å²) in [5, 5.41) is 3.23. The van der Waals surface area contributed by atoms with Crippen molar-refractivity contribution in [3.8, 4) is 0 Å². The van der Waals surface area contributed by atoms with Crippen molar-refractivity contribution in [3.63, 3.8) is 0 Å². The van der Waals surface area contributed by atoms with Crippen molar-refractivity contribution in [2.45, 2.75) is 58.4 Å². The van der Waals surface area contributed by atoms with Crippen LogP contribution in [0.5, 0.6) is 0 Å². The zero-order chi connectivity index (χ0) is 9.23. The van der Waals surface area contributed by atoms with Crippen molar-refractivity contribution in [1.29, 1.82) is 0 Å². The zero-order valence-electron chi connectivity index (χ0n) is 8.31. The highest BCUT2D eigenvalue weighted by molar-refractivity contribution is 7.78. The number of rotatable bonds is 8. The van der Waals surface area contributed by atoms with Gasteiger partial charge in [-0.3, -0.25) is 0 Å². The van der Waals surface area contributed by atoms with Crippen molar-refractivity contribution in [2.75, 3.05) is 0 Å². The first-order valence-electron chi connectivity index (χ1n) is 5.04. The Morgan fingerprint density at radius 1 is 1.17 bits per heavy atom. The highest BCUT2D eigenvalue weighted by Crippen LogP contribution is 2.07. The van der Waals surface area contributed by atoms with Crippen molar-refractivity contribution in [3.05, 3.63) is 0 Å². The van der Waals surface area contributed by atoms with Crippen LogP contribution in [0.4, 0.5) is 0 Å². The normalized spacial score (nSPS) is 12.5. The summed E-state index contributed by atoms with van der Waals surface area (Å²) in [4.78, 5) is 0. The van der Waals surface area contributed by atoms with E-state index < -0.39 is 0 Å². The molecule has 1 N–H and O–H groups in total. The van der Waals surface area contributed by atoms with Crippen LogP contribution in [0, 0.1) is 0 Å².